The third-order valence-corrected chi connectivity index (χ3v) is 6.73. The molecule has 0 aliphatic carbocycles. The Labute approximate surface area is 179 Å². The monoisotopic (exact) mass is 439 g/mol. The number of piperidine rings is 1. The summed E-state index contributed by atoms with van der Waals surface area (Å²) in [6.45, 7) is 7.67. The number of rotatable bonds is 7. The second kappa shape index (κ2) is 10.3. The molecule has 1 heterocycles. The van der Waals surface area contributed by atoms with Gasteiger partial charge in [0.15, 0.2) is 0 Å². The van der Waals surface area contributed by atoms with Gasteiger partial charge in [0, 0.05) is 25.6 Å². The lowest BCUT2D eigenvalue weighted by atomic mass is 10.0. The molecule has 0 saturated carbocycles. The zero-order valence-electron chi connectivity index (χ0n) is 18.2. The van der Waals surface area contributed by atoms with Crippen molar-refractivity contribution < 1.29 is 22.7 Å². The Kier molecular flexibility index (Phi) is 8.25. The SMILES string of the molecule is CCS(=O)(=O)N1CCC(NC(=O)[C@@H](Cc2ccccc2)NC(=O)OC(C)(C)C)CC1. The second-order valence-corrected chi connectivity index (χ2v) is 10.7. The summed E-state index contributed by atoms with van der Waals surface area (Å²) >= 11 is 0. The summed E-state index contributed by atoms with van der Waals surface area (Å²) in [5.41, 5.74) is 0.243. The largest absolute Gasteiger partial charge is 0.444 e. The number of amides is 2. The molecule has 1 atom stereocenters. The van der Waals surface area contributed by atoms with Gasteiger partial charge < -0.3 is 15.4 Å². The summed E-state index contributed by atoms with van der Waals surface area (Å²) in [4.78, 5) is 25.2. The number of ether oxygens (including phenoxy) is 1. The van der Waals surface area contributed by atoms with Crippen LogP contribution in [0.15, 0.2) is 30.3 Å². The average molecular weight is 440 g/mol. The van der Waals surface area contributed by atoms with Gasteiger partial charge in [0.25, 0.3) is 0 Å². The van der Waals surface area contributed by atoms with Gasteiger partial charge in [-0.15, -0.1) is 0 Å². The number of carbonyl (C=O) groups is 2. The highest BCUT2D eigenvalue weighted by Crippen LogP contribution is 2.15. The van der Waals surface area contributed by atoms with Gasteiger partial charge in [0.1, 0.15) is 11.6 Å². The van der Waals surface area contributed by atoms with Crippen molar-refractivity contribution >= 4 is 22.0 Å². The Morgan fingerprint density at radius 1 is 1.17 bits per heavy atom. The highest BCUT2D eigenvalue weighted by Gasteiger charge is 2.30. The number of sulfonamides is 1. The first kappa shape index (κ1) is 24.1. The van der Waals surface area contributed by atoms with Crippen LogP contribution in [0.3, 0.4) is 0 Å². The molecule has 2 amide bonds. The van der Waals surface area contributed by atoms with E-state index in [0.29, 0.717) is 32.4 Å². The Morgan fingerprint density at radius 3 is 2.30 bits per heavy atom. The van der Waals surface area contributed by atoms with E-state index in [4.69, 9.17) is 4.74 Å². The molecule has 1 aliphatic rings. The fourth-order valence-corrected chi connectivity index (χ4v) is 4.40. The number of nitrogens with zero attached hydrogens (tertiary/aromatic N) is 1. The fourth-order valence-electron chi connectivity index (χ4n) is 3.27. The molecule has 9 heteroatoms. The predicted molar refractivity (Wildman–Crippen MR) is 116 cm³/mol. The maximum atomic E-state index is 12.9. The van der Waals surface area contributed by atoms with Gasteiger partial charge >= 0.3 is 6.09 Å². The van der Waals surface area contributed by atoms with E-state index in [1.54, 1.807) is 27.7 Å². The number of carbonyl (C=O) groups excluding carboxylic acids is 2. The Balaban J connectivity index is 2.01. The smallest absolute Gasteiger partial charge is 0.408 e. The van der Waals surface area contributed by atoms with Crippen molar-refractivity contribution in [3.05, 3.63) is 35.9 Å². The molecule has 168 valence electrons. The van der Waals surface area contributed by atoms with E-state index in [9.17, 15) is 18.0 Å². The third kappa shape index (κ3) is 7.60. The van der Waals surface area contributed by atoms with Crippen LogP contribution in [0.2, 0.25) is 0 Å². The zero-order valence-corrected chi connectivity index (χ0v) is 19.0. The molecule has 1 aliphatic heterocycles. The fraction of sp³-hybridized carbons (Fsp3) is 0.619. The molecule has 2 N–H and O–H groups in total. The van der Waals surface area contributed by atoms with Crippen molar-refractivity contribution in [1.29, 1.82) is 0 Å². The van der Waals surface area contributed by atoms with E-state index in [2.05, 4.69) is 10.6 Å². The number of hydrogen-bond donors (Lipinski definition) is 2. The minimum absolute atomic E-state index is 0.0724. The summed E-state index contributed by atoms with van der Waals surface area (Å²) in [7, 11) is -3.22. The van der Waals surface area contributed by atoms with Gasteiger partial charge in [-0.2, -0.15) is 0 Å². The molecule has 8 nitrogen and oxygen atoms in total. The van der Waals surface area contributed by atoms with Crippen LogP contribution >= 0.6 is 0 Å². The van der Waals surface area contributed by atoms with Crippen LogP contribution in [0.1, 0.15) is 46.1 Å². The van der Waals surface area contributed by atoms with Gasteiger partial charge in [-0.3, -0.25) is 4.79 Å². The first-order valence-electron chi connectivity index (χ1n) is 10.3. The van der Waals surface area contributed by atoms with Crippen LogP contribution in [0, 0.1) is 0 Å². The minimum Gasteiger partial charge on any atom is -0.444 e. The summed E-state index contributed by atoms with van der Waals surface area (Å²) in [6, 6.07) is 8.50. The van der Waals surface area contributed by atoms with Crippen molar-refractivity contribution in [3.8, 4) is 0 Å². The van der Waals surface area contributed by atoms with Gasteiger partial charge in [-0.1, -0.05) is 30.3 Å². The van der Waals surface area contributed by atoms with E-state index in [0.717, 1.165) is 5.56 Å². The van der Waals surface area contributed by atoms with Gasteiger partial charge in [0.05, 0.1) is 5.75 Å². The van der Waals surface area contributed by atoms with Crippen molar-refractivity contribution in [3.63, 3.8) is 0 Å². The molecule has 0 bridgehead atoms. The molecule has 30 heavy (non-hydrogen) atoms. The van der Waals surface area contributed by atoms with Crippen molar-refractivity contribution in [1.82, 2.24) is 14.9 Å². The zero-order chi connectivity index (χ0) is 22.4. The summed E-state index contributed by atoms with van der Waals surface area (Å²) in [5, 5.41) is 5.64. The number of nitrogens with one attached hydrogen (secondary N) is 2. The third-order valence-electron chi connectivity index (χ3n) is 4.85. The van der Waals surface area contributed by atoms with Crippen LogP contribution in [0.25, 0.3) is 0 Å². The van der Waals surface area contributed by atoms with E-state index < -0.39 is 27.8 Å². The topological polar surface area (TPSA) is 105 Å². The van der Waals surface area contributed by atoms with E-state index in [-0.39, 0.29) is 17.7 Å². The first-order valence-corrected chi connectivity index (χ1v) is 11.9. The standard InChI is InChI=1S/C21H33N3O5S/c1-5-30(27,28)24-13-11-17(12-14-24)22-19(25)18(15-16-9-7-6-8-10-16)23-20(26)29-21(2,3)4/h6-10,17-18H,5,11-15H2,1-4H3,(H,22,25)(H,23,26)/t18-/m1/s1. The Hall–Kier alpha value is -2.13. The van der Waals surface area contributed by atoms with Gasteiger partial charge in [-0.05, 0) is 46.1 Å². The van der Waals surface area contributed by atoms with Crippen molar-refractivity contribution in [2.75, 3.05) is 18.8 Å². The van der Waals surface area contributed by atoms with Crippen LogP contribution < -0.4 is 10.6 Å². The molecular formula is C21H33N3O5S. The molecule has 1 fully saturated rings. The lowest BCUT2D eigenvalue weighted by molar-refractivity contribution is -0.124. The van der Waals surface area contributed by atoms with Crippen molar-refractivity contribution in [2.45, 2.75) is 64.6 Å². The predicted octanol–water partition coefficient (Wildman–Crippen LogP) is 2.05. The van der Waals surface area contributed by atoms with Crippen LogP contribution in [0.5, 0.6) is 0 Å². The number of benzene rings is 1. The summed E-state index contributed by atoms with van der Waals surface area (Å²) < 4.78 is 30.8. The number of alkyl carbamates (subject to hydrolysis) is 1. The molecule has 0 unspecified atom stereocenters. The lowest BCUT2D eigenvalue weighted by Gasteiger charge is -2.32. The number of hydrogen-bond acceptors (Lipinski definition) is 5. The first-order chi connectivity index (χ1) is 14.0. The van der Waals surface area contributed by atoms with Crippen LogP contribution in [0.4, 0.5) is 4.79 Å². The Morgan fingerprint density at radius 2 is 1.77 bits per heavy atom. The normalized spacial score (nSPS) is 17.2. The van der Waals surface area contributed by atoms with E-state index >= 15 is 0 Å². The maximum absolute atomic E-state index is 12.9. The molecule has 2 rings (SSSR count). The van der Waals surface area contributed by atoms with Gasteiger partial charge in [0.2, 0.25) is 15.9 Å². The lowest BCUT2D eigenvalue weighted by Crippen LogP contribution is -2.54. The average Bonchev–Trinajstić information content (AvgIpc) is 2.67. The highest BCUT2D eigenvalue weighted by molar-refractivity contribution is 7.89. The second-order valence-electron chi connectivity index (χ2n) is 8.47. The highest BCUT2D eigenvalue weighted by atomic mass is 32.2. The molecular weight excluding hydrogens is 406 g/mol. The molecule has 0 spiro atoms. The van der Waals surface area contributed by atoms with E-state index in [1.807, 2.05) is 30.3 Å². The molecule has 0 aromatic heterocycles. The quantitative estimate of drug-likeness (QED) is 0.677. The molecule has 1 aromatic carbocycles. The van der Waals surface area contributed by atoms with Crippen LogP contribution in [-0.2, 0) is 26.0 Å². The molecule has 0 radical (unpaired) electrons. The molecule has 1 saturated heterocycles. The van der Waals surface area contributed by atoms with E-state index in [1.165, 1.54) is 4.31 Å². The molecule has 1 aromatic rings. The Bertz CT molecular complexity index is 813. The summed E-state index contributed by atoms with van der Waals surface area (Å²) in [6.07, 6.45) is 0.752. The maximum Gasteiger partial charge on any atom is 0.408 e. The summed E-state index contributed by atoms with van der Waals surface area (Å²) in [5.74, 6) is -0.232. The van der Waals surface area contributed by atoms with Gasteiger partial charge in [-0.25, -0.2) is 17.5 Å². The minimum atomic E-state index is -3.22. The van der Waals surface area contributed by atoms with Crippen molar-refractivity contribution in [2.24, 2.45) is 0 Å². The van der Waals surface area contributed by atoms with Crippen LogP contribution in [-0.4, -0.2) is 61.3 Å².